The van der Waals surface area contributed by atoms with Crippen LogP contribution < -0.4 is 4.72 Å². The van der Waals surface area contributed by atoms with Gasteiger partial charge in [0.05, 0.1) is 5.75 Å². The Bertz CT molecular complexity index is 399. The van der Waals surface area contributed by atoms with Gasteiger partial charge in [-0.1, -0.05) is 0 Å². The topological polar surface area (TPSA) is 83.5 Å². The molecule has 0 spiro atoms. The van der Waals surface area contributed by atoms with Crippen molar-refractivity contribution < 1.29 is 31.5 Å². The lowest BCUT2D eigenvalue weighted by Gasteiger charge is -2.13. The van der Waals surface area contributed by atoms with E-state index >= 15 is 0 Å². The van der Waals surface area contributed by atoms with Crippen molar-refractivity contribution in [2.45, 2.75) is 37.4 Å². The van der Waals surface area contributed by atoms with Crippen LogP contribution in [0.5, 0.6) is 0 Å². The van der Waals surface area contributed by atoms with Crippen LogP contribution in [0, 0.1) is 0 Å². The predicted molar refractivity (Wildman–Crippen MR) is 51.8 cm³/mol. The second kappa shape index (κ2) is 4.45. The van der Waals surface area contributed by atoms with Gasteiger partial charge in [0.25, 0.3) is 0 Å². The van der Waals surface area contributed by atoms with Crippen LogP contribution in [0.2, 0.25) is 0 Å². The third kappa shape index (κ3) is 4.50. The van der Waals surface area contributed by atoms with E-state index in [-0.39, 0.29) is 12.8 Å². The lowest BCUT2D eigenvalue weighted by Crippen LogP contribution is -2.44. The number of nitrogens with one attached hydrogen (secondary N) is 1. The Balaban J connectivity index is 2.45. The van der Waals surface area contributed by atoms with Crippen LogP contribution >= 0.6 is 0 Å². The SMILES string of the molecule is O=C(O)C1(NS(=O)(=O)CCCC(F)(F)F)CC1. The molecule has 0 heterocycles. The number of carbonyl (C=O) groups is 1. The molecule has 1 aliphatic carbocycles. The van der Waals surface area contributed by atoms with Crippen LogP contribution in [-0.2, 0) is 14.8 Å². The molecule has 0 saturated heterocycles. The maximum absolute atomic E-state index is 11.8. The molecule has 0 aromatic rings. The number of carboxylic acids is 1. The fourth-order valence-corrected chi connectivity index (χ4v) is 2.81. The molecule has 0 radical (unpaired) electrons. The molecule has 0 aliphatic heterocycles. The number of aliphatic carboxylic acids is 1. The summed E-state index contributed by atoms with van der Waals surface area (Å²) in [6, 6.07) is 0. The third-order valence-corrected chi connectivity index (χ3v) is 3.91. The summed E-state index contributed by atoms with van der Waals surface area (Å²) in [5.74, 6) is -2.02. The van der Waals surface area contributed by atoms with Gasteiger partial charge in [0, 0.05) is 6.42 Å². The molecule has 1 fully saturated rings. The molecule has 1 saturated carbocycles. The maximum atomic E-state index is 11.8. The van der Waals surface area contributed by atoms with E-state index in [9.17, 15) is 26.4 Å². The molecule has 9 heteroatoms. The van der Waals surface area contributed by atoms with Gasteiger partial charge < -0.3 is 5.11 Å². The number of hydrogen-bond acceptors (Lipinski definition) is 3. The van der Waals surface area contributed by atoms with Crippen molar-refractivity contribution >= 4 is 16.0 Å². The number of carboxylic acid groups (broad SMARTS) is 1. The van der Waals surface area contributed by atoms with Crippen LogP contribution in [-0.4, -0.2) is 37.0 Å². The van der Waals surface area contributed by atoms with Gasteiger partial charge >= 0.3 is 12.1 Å². The molecule has 1 rings (SSSR count). The van der Waals surface area contributed by atoms with Gasteiger partial charge in [-0.2, -0.15) is 17.9 Å². The zero-order valence-electron chi connectivity index (χ0n) is 8.75. The number of halogens is 3. The largest absolute Gasteiger partial charge is 0.480 e. The molecule has 0 atom stereocenters. The molecular weight excluding hydrogens is 263 g/mol. The highest BCUT2D eigenvalue weighted by Gasteiger charge is 2.52. The summed E-state index contributed by atoms with van der Waals surface area (Å²) < 4.78 is 60.0. The maximum Gasteiger partial charge on any atom is 0.389 e. The molecule has 0 aromatic heterocycles. The van der Waals surface area contributed by atoms with Crippen molar-refractivity contribution in [1.29, 1.82) is 0 Å². The number of alkyl halides is 3. The Morgan fingerprint density at radius 2 is 1.88 bits per heavy atom. The van der Waals surface area contributed by atoms with E-state index in [1.165, 1.54) is 0 Å². The van der Waals surface area contributed by atoms with Gasteiger partial charge in [0.2, 0.25) is 10.0 Å². The monoisotopic (exact) mass is 275 g/mol. The molecule has 17 heavy (non-hydrogen) atoms. The molecule has 0 bridgehead atoms. The minimum atomic E-state index is -4.40. The molecule has 0 amide bonds. The zero-order chi connectivity index (χ0) is 13.3. The molecule has 100 valence electrons. The van der Waals surface area contributed by atoms with E-state index in [0.717, 1.165) is 0 Å². The van der Waals surface area contributed by atoms with Crippen molar-refractivity contribution in [3.05, 3.63) is 0 Å². The molecule has 2 N–H and O–H groups in total. The second-order valence-corrected chi connectivity index (χ2v) is 5.87. The third-order valence-electron chi connectivity index (χ3n) is 2.38. The summed E-state index contributed by atoms with van der Waals surface area (Å²) in [4.78, 5) is 10.7. The second-order valence-electron chi connectivity index (χ2n) is 4.03. The first-order valence-electron chi connectivity index (χ1n) is 4.88. The quantitative estimate of drug-likeness (QED) is 0.753. The first-order chi connectivity index (χ1) is 7.56. The van der Waals surface area contributed by atoms with Crippen LogP contribution in [0.25, 0.3) is 0 Å². The zero-order valence-corrected chi connectivity index (χ0v) is 9.57. The average Bonchev–Trinajstić information content (AvgIpc) is 2.81. The number of sulfonamides is 1. The fraction of sp³-hybridized carbons (Fsp3) is 0.875. The van der Waals surface area contributed by atoms with E-state index in [1.54, 1.807) is 0 Å². The highest BCUT2D eigenvalue weighted by Crippen LogP contribution is 2.36. The minimum absolute atomic E-state index is 0.167. The highest BCUT2D eigenvalue weighted by molar-refractivity contribution is 7.89. The van der Waals surface area contributed by atoms with Crippen molar-refractivity contribution in [3.63, 3.8) is 0 Å². The Morgan fingerprint density at radius 1 is 1.35 bits per heavy atom. The Morgan fingerprint density at radius 3 is 2.24 bits per heavy atom. The van der Waals surface area contributed by atoms with Gasteiger partial charge in [0.1, 0.15) is 5.54 Å². The Hall–Kier alpha value is -0.830. The van der Waals surface area contributed by atoms with Crippen molar-refractivity contribution in [3.8, 4) is 0 Å². The van der Waals surface area contributed by atoms with Crippen molar-refractivity contribution in [2.75, 3.05) is 5.75 Å². The van der Waals surface area contributed by atoms with Crippen LogP contribution in [0.3, 0.4) is 0 Å². The van der Waals surface area contributed by atoms with Crippen LogP contribution in [0.4, 0.5) is 13.2 Å². The summed E-state index contributed by atoms with van der Waals surface area (Å²) in [6.45, 7) is 0. The summed E-state index contributed by atoms with van der Waals surface area (Å²) in [6.07, 6.45) is -5.84. The summed E-state index contributed by atoms with van der Waals surface area (Å²) in [5, 5.41) is 8.71. The lowest BCUT2D eigenvalue weighted by atomic mass is 10.3. The normalized spacial score (nSPS) is 19.0. The van der Waals surface area contributed by atoms with E-state index < -0.39 is 46.3 Å². The van der Waals surface area contributed by atoms with Crippen molar-refractivity contribution in [2.24, 2.45) is 0 Å². The smallest absolute Gasteiger partial charge is 0.389 e. The highest BCUT2D eigenvalue weighted by atomic mass is 32.2. The standard InChI is InChI=1S/C8H12F3NO4S/c9-8(10,11)2-1-5-17(15,16)12-7(3-4-7)6(13)14/h12H,1-5H2,(H,13,14). The van der Waals surface area contributed by atoms with Crippen LogP contribution in [0.15, 0.2) is 0 Å². The van der Waals surface area contributed by atoms with E-state index in [1.807, 2.05) is 4.72 Å². The number of hydrogen-bond donors (Lipinski definition) is 2. The van der Waals surface area contributed by atoms with Crippen molar-refractivity contribution in [1.82, 2.24) is 4.72 Å². The van der Waals surface area contributed by atoms with Gasteiger partial charge in [0.15, 0.2) is 0 Å². The van der Waals surface area contributed by atoms with Gasteiger partial charge in [-0.3, -0.25) is 4.79 Å². The fourth-order valence-electron chi connectivity index (χ4n) is 1.30. The van der Waals surface area contributed by atoms with E-state index in [0.29, 0.717) is 0 Å². The van der Waals surface area contributed by atoms with E-state index in [4.69, 9.17) is 5.11 Å². The van der Waals surface area contributed by atoms with Crippen LogP contribution in [0.1, 0.15) is 25.7 Å². The molecule has 1 aliphatic rings. The minimum Gasteiger partial charge on any atom is -0.480 e. The first-order valence-corrected chi connectivity index (χ1v) is 6.53. The predicted octanol–water partition coefficient (Wildman–Crippen LogP) is 0.865. The Kier molecular flexibility index (Phi) is 3.72. The first kappa shape index (κ1) is 14.2. The number of rotatable bonds is 6. The van der Waals surface area contributed by atoms with Gasteiger partial charge in [-0.15, -0.1) is 0 Å². The van der Waals surface area contributed by atoms with Gasteiger partial charge in [-0.05, 0) is 19.3 Å². The molecule has 0 unspecified atom stereocenters. The molecular formula is C8H12F3NO4S. The lowest BCUT2D eigenvalue weighted by molar-refractivity contribution is -0.140. The molecule has 5 nitrogen and oxygen atoms in total. The Labute approximate surface area is 96.1 Å². The molecule has 0 aromatic carbocycles. The summed E-state index contributed by atoms with van der Waals surface area (Å²) in [5.41, 5.74) is -1.49. The summed E-state index contributed by atoms with van der Waals surface area (Å²) in [7, 11) is -3.98. The van der Waals surface area contributed by atoms with Gasteiger partial charge in [-0.25, -0.2) is 8.42 Å². The summed E-state index contributed by atoms with van der Waals surface area (Å²) >= 11 is 0. The van der Waals surface area contributed by atoms with E-state index in [2.05, 4.69) is 0 Å². The average molecular weight is 275 g/mol.